The lowest BCUT2D eigenvalue weighted by Crippen LogP contribution is -2.22. The molecule has 0 aromatic carbocycles. The predicted octanol–water partition coefficient (Wildman–Crippen LogP) is 2.32. The smallest absolute Gasteiger partial charge is 0.0617 e. The van der Waals surface area contributed by atoms with Gasteiger partial charge in [0.05, 0.1) is 5.60 Å². The van der Waals surface area contributed by atoms with Crippen LogP contribution in [-0.2, 0) is 0 Å². The lowest BCUT2D eigenvalue weighted by molar-refractivity contribution is 0.0466. The van der Waals surface area contributed by atoms with Gasteiger partial charge in [0.1, 0.15) is 0 Å². The summed E-state index contributed by atoms with van der Waals surface area (Å²) in [6.45, 7) is 3.89. The van der Waals surface area contributed by atoms with Crippen molar-refractivity contribution in [2.45, 2.75) is 38.7 Å². The molecular formula is C7H15BrO. The van der Waals surface area contributed by atoms with E-state index in [4.69, 9.17) is 0 Å². The summed E-state index contributed by atoms with van der Waals surface area (Å²) in [5.41, 5.74) is -0.437. The van der Waals surface area contributed by atoms with E-state index in [0.29, 0.717) is 0 Å². The van der Waals surface area contributed by atoms with Crippen molar-refractivity contribution in [2.75, 3.05) is 5.33 Å². The normalized spacial score (nSPS) is 17.3. The maximum atomic E-state index is 9.43. The molecule has 1 atom stereocenters. The van der Waals surface area contributed by atoms with Gasteiger partial charge in [0.25, 0.3) is 0 Å². The molecule has 0 heterocycles. The first kappa shape index (κ1) is 9.44. The van der Waals surface area contributed by atoms with E-state index >= 15 is 0 Å². The van der Waals surface area contributed by atoms with Crippen molar-refractivity contribution in [2.24, 2.45) is 0 Å². The fraction of sp³-hybridized carbons (Fsp3) is 1.00. The third-order valence-electron chi connectivity index (χ3n) is 1.61. The maximum absolute atomic E-state index is 9.43. The highest BCUT2D eigenvalue weighted by Crippen LogP contribution is 2.15. The lowest BCUT2D eigenvalue weighted by atomic mass is 9.98. The van der Waals surface area contributed by atoms with Gasteiger partial charge in [0.2, 0.25) is 0 Å². The van der Waals surface area contributed by atoms with Gasteiger partial charge < -0.3 is 5.11 Å². The van der Waals surface area contributed by atoms with Gasteiger partial charge in [-0.3, -0.25) is 0 Å². The molecule has 0 saturated carbocycles. The van der Waals surface area contributed by atoms with Crippen LogP contribution in [0.25, 0.3) is 0 Å². The largest absolute Gasteiger partial charge is 0.390 e. The summed E-state index contributed by atoms with van der Waals surface area (Å²) < 4.78 is 0. The lowest BCUT2D eigenvalue weighted by Gasteiger charge is -2.19. The van der Waals surface area contributed by atoms with Crippen LogP contribution < -0.4 is 0 Å². The number of aliphatic hydroxyl groups is 1. The molecule has 0 amide bonds. The Morgan fingerprint density at radius 2 is 2.11 bits per heavy atom. The Morgan fingerprint density at radius 3 is 2.44 bits per heavy atom. The van der Waals surface area contributed by atoms with Gasteiger partial charge >= 0.3 is 0 Å². The van der Waals surface area contributed by atoms with E-state index in [1.165, 1.54) is 0 Å². The number of alkyl halides is 1. The Labute approximate surface area is 65.6 Å². The zero-order valence-electron chi connectivity index (χ0n) is 6.15. The van der Waals surface area contributed by atoms with Crippen LogP contribution in [0.5, 0.6) is 0 Å². The minimum Gasteiger partial charge on any atom is -0.390 e. The van der Waals surface area contributed by atoms with E-state index in [2.05, 4.69) is 15.9 Å². The Balaban J connectivity index is 3.33. The van der Waals surface area contributed by atoms with Gasteiger partial charge in [-0.25, -0.2) is 0 Å². The molecule has 0 aromatic rings. The van der Waals surface area contributed by atoms with Crippen molar-refractivity contribution in [3.8, 4) is 0 Å². The molecule has 0 fully saturated rings. The van der Waals surface area contributed by atoms with Gasteiger partial charge in [-0.2, -0.15) is 0 Å². The van der Waals surface area contributed by atoms with E-state index in [1.54, 1.807) is 0 Å². The Bertz CT molecular complexity index is 71.3. The first-order valence-electron chi connectivity index (χ1n) is 3.41. The van der Waals surface area contributed by atoms with Gasteiger partial charge in [0.15, 0.2) is 0 Å². The number of halogens is 1. The molecule has 1 nitrogen and oxygen atoms in total. The number of hydrogen-bond donors (Lipinski definition) is 1. The summed E-state index contributed by atoms with van der Waals surface area (Å²) in [5.74, 6) is 0. The summed E-state index contributed by atoms with van der Waals surface area (Å²) in [4.78, 5) is 0. The van der Waals surface area contributed by atoms with Crippen LogP contribution in [0.4, 0.5) is 0 Å². The molecule has 0 aliphatic heterocycles. The third kappa shape index (κ3) is 4.91. The van der Waals surface area contributed by atoms with Crippen molar-refractivity contribution in [3.63, 3.8) is 0 Å². The Morgan fingerprint density at radius 1 is 1.56 bits per heavy atom. The van der Waals surface area contributed by atoms with Gasteiger partial charge in [-0.15, -0.1) is 0 Å². The van der Waals surface area contributed by atoms with Crippen molar-refractivity contribution < 1.29 is 5.11 Å². The average molecular weight is 195 g/mol. The second-order valence-corrected chi connectivity index (χ2v) is 3.44. The average Bonchev–Trinajstić information content (AvgIpc) is 1.84. The van der Waals surface area contributed by atoms with E-state index in [0.717, 1.165) is 24.6 Å². The van der Waals surface area contributed by atoms with Crippen LogP contribution in [0.15, 0.2) is 0 Å². The SMILES string of the molecule is CCC(C)(O)CCCBr. The summed E-state index contributed by atoms with van der Waals surface area (Å²) in [7, 11) is 0. The van der Waals surface area contributed by atoms with Gasteiger partial charge in [0, 0.05) is 5.33 Å². The molecule has 0 radical (unpaired) electrons. The number of hydrogen-bond acceptors (Lipinski definition) is 1. The molecule has 1 unspecified atom stereocenters. The molecule has 2 heteroatoms. The fourth-order valence-electron chi connectivity index (χ4n) is 0.624. The summed E-state index contributed by atoms with van der Waals surface area (Å²) >= 11 is 3.32. The minimum absolute atomic E-state index is 0.437. The molecule has 0 rings (SSSR count). The summed E-state index contributed by atoms with van der Waals surface area (Å²) in [6, 6.07) is 0. The standard InChI is InChI=1S/C7H15BrO/c1-3-7(2,9)5-4-6-8/h9H,3-6H2,1-2H3. The fourth-order valence-corrected chi connectivity index (χ4v) is 0.905. The van der Waals surface area contributed by atoms with Crippen molar-refractivity contribution in [3.05, 3.63) is 0 Å². The Kier molecular flexibility index (Phi) is 4.50. The van der Waals surface area contributed by atoms with E-state index in [1.807, 2.05) is 13.8 Å². The molecule has 56 valence electrons. The second-order valence-electron chi connectivity index (χ2n) is 2.64. The monoisotopic (exact) mass is 194 g/mol. The summed E-state index contributed by atoms with van der Waals surface area (Å²) in [6.07, 6.45) is 2.80. The molecule has 0 bridgehead atoms. The van der Waals surface area contributed by atoms with Gasteiger partial charge in [-0.1, -0.05) is 22.9 Å². The highest BCUT2D eigenvalue weighted by Gasteiger charge is 2.15. The van der Waals surface area contributed by atoms with Crippen LogP contribution in [0.3, 0.4) is 0 Å². The quantitative estimate of drug-likeness (QED) is 0.682. The Hall–Kier alpha value is 0.440. The number of rotatable bonds is 4. The highest BCUT2D eigenvalue weighted by molar-refractivity contribution is 9.09. The molecule has 0 aliphatic rings. The van der Waals surface area contributed by atoms with E-state index < -0.39 is 5.60 Å². The molecule has 1 N–H and O–H groups in total. The van der Waals surface area contributed by atoms with E-state index in [-0.39, 0.29) is 0 Å². The van der Waals surface area contributed by atoms with Crippen LogP contribution >= 0.6 is 15.9 Å². The van der Waals surface area contributed by atoms with Crippen molar-refractivity contribution >= 4 is 15.9 Å². The predicted molar refractivity (Wildman–Crippen MR) is 43.9 cm³/mol. The van der Waals surface area contributed by atoms with Crippen LogP contribution in [0, 0.1) is 0 Å². The molecule has 0 aliphatic carbocycles. The zero-order valence-corrected chi connectivity index (χ0v) is 7.74. The molecular weight excluding hydrogens is 180 g/mol. The van der Waals surface area contributed by atoms with Crippen LogP contribution in [0.1, 0.15) is 33.1 Å². The highest BCUT2D eigenvalue weighted by atomic mass is 79.9. The first-order chi connectivity index (χ1) is 4.12. The molecule has 0 saturated heterocycles. The third-order valence-corrected chi connectivity index (χ3v) is 2.17. The maximum Gasteiger partial charge on any atom is 0.0617 e. The van der Waals surface area contributed by atoms with Crippen LogP contribution in [0.2, 0.25) is 0 Å². The summed E-state index contributed by atoms with van der Waals surface area (Å²) in [5, 5.41) is 10.4. The van der Waals surface area contributed by atoms with Gasteiger partial charge in [-0.05, 0) is 26.2 Å². The van der Waals surface area contributed by atoms with Crippen LogP contribution in [-0.4, -0.2) is 16.0 Å². The van der Waals surface area contributed by atoms with Crippen molar-refractivity contribution in [1.82, 2.24) is 0 Å². The minimum atomic E-state index is -0.437. The molecule has 0 spiro atoms. The molecule has 9 heavy (non-hydrogen) atoms. The zero-order chi connectivity index (χ0) is 7.33. The first-order valence-corrected chi connectivity index (χ1v) is 4.53. The topological polar surface area (TPSA) is 20.2 Å². The van der Waals surface area contributed by atoms with E-state index in [9.17, 15) is 5.11 Å². The van der Waals surface area contributed by atoms with Crippen molar-refractivity contribution in [1.29, 1.82) is 0 Å². The molecule has 0 aromatic heterocycles. The second kappa shape index (κ2) is 4.29.